The largest absolute Gasteiger partial charge is 0.269 e. The van der Waals surface area contributed by atoms with Crippen LogP contribution >= 0.6 is 0 Å². The minimum atomic E-state index is -1.37. The zero-order valence-corrected chi connectivity index (χ0v) is 14.1. The van der Waals surface area contributed by atoms with Crippen molar-refractivity contribution in [1.82, 2.24) is 0 Å². The van der Waals surface area contributed by atoms with Crippen molar-refractivity contribution in [3.63, 3.8) is 0 Å². The molecule has 1 atom stereocenters. The van der Waals surface area contributed by atoms with Gasteiger partial charge in [0.2, 0.25) is 0 Å². The van der Waals surface area contributed by atoms with Crippen molar-refractivity contribution in [3.8, 4) is 0 Å². The van der Waals surface area contributed by atoms with Crippen molar-refractivity contribution in [3.05, 3.63) is 11.7 Å². The topological polar surface area (TPSA) is 0 Å². The summed E-state index contributed by atoms with van der Waals surface area (Å²) < 4.78 is 25.7. The van der Waals surface area contributed by atoms with Crippen molar-refractivity contribution in [1.29, 1.82) is 0 Å². The Morgan fingerprint density at radius 3 is 1.82 bits per heavy atom. The minimum absolute atomic E-state index is 0.242. The highest BCUT2D eigenvalue weighted by molar-refractivity contribution is 5.17. The van der Waals surface area contributed by atoms with Crippen molar-refractivity contribution >= 4 is 0 Å². The van der Waals surface area contributed by atoms with Crippen LogP contribution in [-0.4, -0.2) is 0 Å². The molecule has 126 valence electrons. The van der Waals surface area contributed by atoms with Gasteiger partial charge in [0.05, 0.1) is 0 Å². The number of halogens is 2. The summed E-state index contributed by atoms with van der Waals surface area (Å²) in [5, 5.41) is 0. The minimum Gasteiger partial charge on any atom is -0.173 e. The molecule has 0 N–H and O–H groups in total. The van der Waals surface area contributed by atoms with E-state index in [1.165, 1.54) is 64.2 Å². The standard InChI is InChI=1S/C20H32F2/c1-2-3-14-4-6-15(7-5-14)16-8-10-17(11-9-16)18-12-13-19(18)20(21)22/h14-18H,2-13H2,1H3. The molecule has 3 fully saturated rings. The van der Waals surface area contributed by atoms with Gasteiger partial charge in [-0.15, -0.1) is 0 Å². The fourth-order valence-corrected chi connectivity index (χ4v) is 5.59. The Hall–Kier alpha value is -0.400. The maximum absolute atomic E-state index is 12.8. The Balaban J connectivity index is 1.44. The third kappa shape index (κ3) is 3.57. The van der Waals surface area contributed by atoms with Crippen molar-refractivity contribution in [2.24, 2.45) is 29.6 Å². The molecule has 0 aromatic heterocycles. The second-order valence-electron chi connectivity index (χ2n) is 8.18. The van der Waals surface area contributed by atoms with Crippen LogP contribution in [0, 0.1) is 29.6 Å². The van der Waals surface area contributed by atoms with E-state index in [-0.39, 0.29) is 5.92 Å². The summed E-state index contributed by atoms with van der Waals surface area (Å²) in [7, 11) is 0. The number of hydrogen-bond donors (Lipinski definition) is 0. The maximum atomic E-state index is 12.8. The SMILES string of the molecule is CCCC1CCC(C2CCC(C3CCC3=C(F)F)CC2)CC1. The van der Waals surface area contributed by atoms with Gasteiger partial charge in [-0.25, -0.2) is 0 Å². The molecule has 0 spiro atoms. The molecule has 0 aromatic rings. The van der Waals surface area contributed by atoms with Crippen LogP contribution in [0.1, 0.15) is 84.0 Å². The van der Waals surface area contributed by atoms with Crippen LogP contribution in [0.25, 0.3) is 0 Å². The highest BCUT2D eigenvalue weighted by atomic mass is 19.3. The first-order chi connectivity index (χ1) is 10.7. The molecule has 22 heavy (non-hydrogen) atoms. The Kier molecular flexibility index (Phi) is 5.57. The summed E-state index contributed by atoms with van der Waals surface area (Å²) in [5.41, 5.74) is 0.503. The van der Waals surface area contributed by atoms with Gasteiger partial charge in [0.1, 0.15) is 0 Å². The quantitative estimate of drug-likeness (QED) is 0.526. The third-order valence-electron chi connectivity index (χ3n) is 7.06. The van der Waals surface area contributed by atoms with Crippen molar-refractivity contribution < 1.29 is 8.78 Å². The number of hydrogen-bond acceptors (Lipinski definition) is 0. The van der Waals surface area contributed by atoms with Gasteiger partial charge in [-0.3, -0.25) is 0 Å². The Labute approximate surface area is 134 Å². The van der Waals surface area contributed by atoms with E-state index in [0.29, 0.717) is 17.9 Å². The highest BCUT2D eigenvalue weighted by Crippen LogP contribution is 2.49. The van der Waals surface area contributed by atoms with E-state index in [2.05, 4.69) is 6.92 Å². The molecule has 2 heteroatoms. The first-order valence-corrected chi connectivity index (χ1v) is 9.73. The van der Waals surface area contributed by atoms with Crippen molar-refractivity contribution in [2.45, 2.75) is 84.0 Å². The molecule has 3 aliphatic carbocycles. The lowest BCUT2D eigenvalue weighted by molar-refractivity contribution is 0.116. The summed E-state index contributed by atoms with van der Waals surface area (Å²) in [5.74, 6) is 3.65. The number of rotatable bonds is 4. The fourth-order valence-electron chi connectivity index (χ4n) is 5.59. The van der Waals surface area contributed by atoms with Crippen LogP contribution in [0.2, 0.25) is 0 Å². The van der Waals surface area contributed by atoms with E-state index in [0.717, 1.165) is 24.2 Å². The molecule has 0 radical (unpaired) electrons. The van der Waals surface area contributed by atoms with E-state index in [9.17, 15) is 8.78 Å². The molecule has 0 aliphatic heterocycles. The van der Waals surface area contributed by atoms with Gasteiger partial charge in [0.15, 0.2) is 0 Å². The smallest absolute Gasteiger partial charge is 0.173 e. The second kappa shape index (κ2) is 7.45. The van der Waals surface area contributed by atoms with Gasteiger partial charge in [-0.2, -0.15) is 8.78 Å². The summed E-state index contributed by atoms with van der Waals surface area (Å²) in [6, 6.07) is 0. The molecule has 0 nitrogen and oxygen atoms in total. The first-order valence-electron chi connectivity index (χ1n) is 9.73. The predicted molar refractivity (Wildman–Crippen MR) is 87.8 cm³/mol. The fraction of sp³-hybridized carbons (Fsp3) is 0.900. The lowest BCUT2D eigenvalue weighted by Gasteiger charge is -2.42. The van der Waals surface area contributed by atoms with Gasteiger partial charge in [0.25, 0.3) is 6.08 Å². The molecule has 0 heterocycles. The Morgan fingerprint density at radius 1 is 0.818 bits per heavy atom. The lowest BCUT2D eigenvalue weighted by Crippen LogP contribution is -2.32. The van der Waals surface area contributed by atoms with Crippen LogP contribution in [0.4, 0.5) is 8.78 Å². The molecular formula is C20H32F2. The zero-order chi connectivity index (χ0) is 15.5. The van der Waals surface area contributed by atoms with Gasteiger partial charge in [0, 0.05) is 0 Å². The summed E-state index contributed by atoms with van der Waals surface area (Å²) in [4.78, 5) is 0. The first kappa shape index (κ1) is 16.5. The molecule has 3 saturated carbocycles. The van der Waals surface area contributed by atoms with Gasteiger partial charge in [-0.1, -0.05) is 32.6 Å². The molecule has 3 rings (SSSR count). The summed E-state index contributed by atoms with van der Waals surface area (Å²) >= 11 is 0. The zero-order valence-electron chi connectivity index (χ0n) is 14.1. The third-order valence-corrected chi connectivity index (χ3v) is 7.06. The molecule has 0 saturated heterocycles. The second-order valence-corrected chi connectivity index (χ2v) is 8.18. The summed E-state index contributed by atoms with van der Waals surface area (Å²) in [6.07, 6.45) is 13.9. The van der Waals surface area contributed by atoms with Gasteiger partial charge >= 0.3 is 0 Å². The van der Waals surface area contributed by atoms with Crippen LogP contribution in [0.3, 0.4) is 0 Å². The summed E-state index contributed by atoms with van der Waals surface area (Å²) in [6.45, 7) is 2.30. The average molecular weight is 310 g/mol. The van der Waals surface area contributed by atoms with E-state index in [4.69, 9.17) is 0 Å². The normalized spacial score (nSPS) is 39.4. The van der Waals surface area contributed by atoms with Crippen LogP contribution < -0.4 is 0 Å². The van der Waals surface area contributed by atoms with Gasteiger partial charge in [-0.05, 0) is 86.5 Å². The Bertz CT molecular complexity index is 381. The Morgan fingerprint density at radius 2 is 1.36 bits per heavy atom. The van der Waals surface area contributed by atoms with Crippen molar-refractivity contribution in [2.75, 3.05) is 0 Å². The number of allylic oxidation sites excluding steroid dienone is 1. The predicted octanol–water partition coefficient (Wildman–Crippen LogP) is 6.96. The van der Waals surface area contributed by atoms with E-state index in [1.807, 2.05) is 0 Å². The molecule has 0 amide bonds. The molecule has 0 bridgehead atoms. The average Bonchev–Trinajstić information content (AvgIpc) is 2.47. The molecule has 1 unspecified atom stereocenters. The monoisotopic (exact) mass is 310 g/mol. The highest BCUT2D eigenvalue weighted by Gasteiger charge is 2.38. The maximum Gasteiger partial charge on any atom is 0.269 e. The van der Waals surface area contributed by atoms with E-state index >= 15 is 0 Å². The van der Waals surface area contributed by atoms with E-state index < -0.39 is 6.08 Å². The van der Waals surface area contributed by atoms with Crippen LogP contribution in [-0.2, 0) is 0 Å². The molecule has 3 aliphatic rings. The van der Waals surface area contributed by atoms with E-state index in [1.54, 1.807) is 0 Å². The van der Waals surface area contributed by atoms with Crippen LogP contribution in [0.15, 0.2) is 11.7 Å². The lowest BCUT2D eigenvalue weighted by atomic mass is 9.63. The molecular weight excluding hydrogens is 278 g/mol. The van der Waals surface area contributed by atoms with Crippen LogP contribution in [0.5, 0.6) is 0 Å². The van der Waals surface area contributed by atoms with Gasteiger partial charge < -0.3 is 0 Å². The molecule has 0 aromatic carbocycles.